The van der Waals surface area contributed by atoms with Gasteiger partial charge in [-0.25, -0.2) is 4.68 Å². The molecular weight excluding hydrogens is 400 g/mol. The summed E-state index contributed by atoms with van der Waals surface area (Å²) >= 11 is 0. The third-order valence-electron chi connectivity index (χ3n) is 4.77. The van der Waals surface area contributed by atoms with Crippen LogP contribution in [0.25, 0.3) is 11.8 Å². The molecule has 1 heterocycles. The van der Waals surface area contributed by atoms with E-state index in [2.05, 4.69) is 15.7 Å². The van der Waals surface area contributed by atoms with E-state index in [1.165, 1.54) is 6.08 Å². The molecule has 1 aromatic heterocycles. The molecule has 6 heteroatoms. The first kappa shape index (κ1) is 20.8. The van der Waals surface area contributed by atoms with Gasteiger partial charge in [-0.05, 0) is 35.9 Å². The molecule has 4 aromatic rings. The minimum Gasteiger partial charge on any atom is -0.337 e. The lowest BCUT2D eigenvalue weighted by atomic mass is 10.1. The Morgan fingerprint density at radius 3 is 2.16 bits per heavy atom. The first-order valence-corrected chi connectivity index (χ1v) is 10.2. The predicted octanol–water partition coefficient (Wildman–Crippen LogP) is 4.38. The standard InChI is InChI=1S/C26H22N4O2/c31-24(17-16-20-18-27-30(19-20)23-14-8-3-9-15-23)29-25(21-10-4-1-5-11-21)26(32)28-22-12-6-2-7-13-22/h1-19,25H,(H,28,32)(H,29,31)/b17-16+. The Labute approximate surface area is 186 Å². The van der Waals surface area contributed by atoms with Crippen molar-refractivity contribution in [3.05, 3.63) is 121 Å². The Hall–Kier alpha value is -4.45. The van der Waals surface area contributed by atoms with Crippen molar-refractivity contribution < 1.29 is 9.59 Å². The summed E-state index contributed by atoms with van der Waals surface area (Å²) in [7, 11) is 0. The number of nitrogens with zero attached hydrogens (tertiary/aromatic N) is 2. The van der Waals surface area contributed by atoms with Crippen molar-refractivity contribution in [1.29, 1.82) is 0 Å². The monoisotopic (exact) mass is 422 g/mol. The van der Waals surface area contributed by atoms with E-state index < -0.39 is 6.04 Å². The van der Waals surface area contributed by atoms with Gasteiger partial charge in [0.05, 0.1) is 11.9 Å². The summed E-state index contributed by atoms with van der Waals surface area (Å²) in [5, 5.41) is 9.96. The van der Waals surface area contributed by atoms with Gasteiger partial charge < -0.3 is 10.6 Å². The van der Waals surface area contributed by atoms with Gasteiger partial charge in [0.15, 0.2) is 0 Å². The van der Waals surface area contributed by atoms with Gasteiger partial charge in [0.25, 0.3) is 5.91 Å². The lowest BCUT2D eigenvalue weighted by molar-refractivity contribution is -0.123. The van der Waals surface area contributed by atoms with Crippen molar-refractivity contribution in [2.45, 2.75) is 6.04 Å². The van der Waals surface area contributed by atoms with Crippen LogP contribution in [0.5, 0.6) is 0 Å². The van der Waals surface area contributed by atoms with Gasteiger partial charge in [-0.15, -0.1) is 0 Å². The van der Waals surface area contributed by atoms with Crippen LogP contribution in [0.1, 0.15) is 17.2 Å². The van der Waals surface area contributed by atoms with Crippen LogP contribution in [0.15, 0.2) is 109 Å². The summed E-state index contributed by atoms with van der Waals surface area (Å²) in [4.78, 5) is 25.5. The van der Waals surface area contributed by atoms with Crippen molar-refractivity contribution >= 4 is 23.6 Å². The molecule has 1 atom stereocenters. The molecule has 3 aromatic carbocycles. The molecule has 6 nitrogen and oxygen atoms in total. The van der Waals surface area contributed by atoms with Crippen LogP contribution in [0.3, 0.4) is 0 Å². The lowest BCUT2D eigenvalue weighted by Crippen LogP contribution is -2.36. The Morgan fingerprint density at radius 2 is 1.47 bits per heavy atom. The first-order chi connectivity index (χ1) is 15.7. The Bertz CT molecular complexity index is 1200. The highest BCUT2D eigenvalue weighted by atomic mass is 16.2. The lowest BCUT2D eigenvalue weighted by Gasteiger charge is -2.18. The number of anilines is 1. The summed E-state index contributed by atoms with van der Waals surface area (Å²) in [5.41, 5.74) is 3.06. The highest BCUT2D eigenvalue weighted by molar-refractivity contribution is 6.00. The normalized spacial score (nSPS) is 11.8. The summed E-state index contributed by atoms with van der Waals surface area (Å²) in [6.45, 7) is 0. The Balaban J connectivity index is 1.46. The summed E-state index contributed by atoms with van der Waals surface area (Å²) in [5.74, 6) is -0.699. The van der Waals surface area contributed by atoms with Gasteiger partial charge in [-0.2, -0.15) is 5.10 Å². The minimum atomic E-state index is -0.833. The fourth-order valence-electron chi connectivity index (χ4n) is 3.19. The van der Waals surface area contributed by atoms with E-state index in [0.29, 0.717) is 11.3 Å². The number of aromatic nitrogens is 2. The molecule has 4 rings (SSSR count). The molecule has 0 bridgehead atoms. The largest absolute Gasteiger partial charge is 0.337 e. The predicted molar refractivity (Wildman–Crippen MR) is 125 cm³/mol. The van der Waals surface area contributed by atoms with E-state index in [1.54, 1.807) is 29.1 Å². The van der Waals surface area contributed by atoms with Gasteiger partial charge in [0, 0.05) is 23.5 Å². The van der Waals surface area contributed by atoms with E-state index in [4.69, 9.17) is 0 Å². The zero-order chi connectivity index (χ0) is 22.2. The van der Waals surface area contributed by atoms with Crippen LogP contribution in [0.2, 0.25) is 0 Å². The second kappa shape index (κ2) is 10.0. The van der Waals surface area contributed by atoms with Crippen molar-refractivity contribution in [1.82, 2.24) is 15.1 Å². The number of carbonyl (C=O) groups excluding carboxylic acids is 2. The first-order valence-electron chi connectivity index (χ1n) is 10.2. The van der Waals surface area contributed by atoms with Crippen LogP contribution in [0.4, 0.5) is 5.69 Å². The smallest absolute Gasteiger partial charge is 0.251 e. The molecule has 0 aliphatic carbocycles. The maximum atomic E-state index is 12.9. The van der Waals surface area contributed by atoms with E-state index in [1.807, 2.05) is 85.1 Å². The fraction of sp³-hybridized carbons (Fsp3) is 0.0385. The molecule has 0 spiro atoms. The maximum absolute atomic E-state index is 12.9. The highest BCUT2D eigenvalue weighted by Crippen LogP contribution is 2.16. The van der Waals surface area contributed by atoms with Gasteiger partial charge in [-0.1, -0.05) is 66.7 Å². The van der Waals surface area contributed by atoms with Gasteiger partial charge >= 0.3 is 0 Å². The van der Waals surface area contributed by atoms with Crippen LogP contribution in [-0.4, -0.2) is 21.6 Å². The molecule has 0 fully saturated rings. The molecule has 0 saturated carbocycles. The van der Waals surface area contributed by atoms with Gasteiger partial charge in [-0.3, -0.25) is 9.59 Å². The molecule has 0 saturated heterocycles. The molecular formula is C26H22N4O2. The summed E-state index contributed by atoms with van der Waals surface area (Å²) < 4.78 is 1.73. The van der Waals surface area contributed by atoms with Gasteiger partial charge in [0.2, 0.25) is 5.91 Å². The van der Waals surface area contributed by atoms with E-state index >= 15 is 0 Å². The topological polar surface area (TPSA) is 76.0 Å². The summed E-state index contributed by atoms with van der Waals surface area (Å²) in [6, 6.07) is 27.2. The van der Waals surface area contributed by atoms with E-state index in [9.17, 15) is 9.59 Å². The second-order valence-corrected chi connectivity index (χ2v) is 7.09. The van der Waals surface area contributed by atoms with Crippen molar-refractivity contribution in [2.24, 2.45) is 0 Å². The quantitative estimate of drug-likeness (QED) is 0.434. The molecule has 2 amide bonds. The van der Waals surface area contributed by atoms with E-state index in [-0.39, 0.29) is 11.8 Å². The molecule has 158 valence electrons. The highest BCUT2D eigenvalue weighted by Gasteiger charge is 2.22. The molecule has 0 aliphatic heterocycles. The molecule has 0 aliphatic rings. The van der Waals surface area contributed by atoms with Crippen molar-refractivity contribution in [3.8, 4) is 5.69 Å². The van der Waals surface area contributed by atoms with Crippen LogP contribution in [0, 0.1) is 0 Å². The number of hydrogen-bond acceptors (Lipinski definition) is 3. The third kappa shape index (κ3) is 5.37. The molecule has 1 unspecified atom stereocenters. The number of amides is 2. The number of hydrogen-bond donors (Lipinski definition) is 2. The van der Waals surface area contributed by atoms with Crippen molar-refractivity contribution in [3.63, 3.8) is 0 Å². The Morgan fingerprint density at radius 1 is 0.844 bits per heavy atom. The number of benzene rings is 3. The molecule has 2 N–H and O–H groups in total. The average Bonchev–Trinajstić information content (AvgIpc) is 3.32. The SMILES string of the molecule is O=C(/C=C/c1cnn(-c2ccccc2)c1)NC(C(=O)Nc1ccccc1)c1ccccc1. The fourth-order valence-corrected chi connectivity index (χ4v) is 3.19. The molecule has 32 heavy (non-hydrogen) atoms. The number of carbonyl (C=O) groups is 2. The summed E-state index contributed by atoms with van der Waals surface area (Å²) in [6.07, 6.45) is 6.57. The zero-order valence-corrected chi connectivity index (χ0v) is 17.3. The number of nitrogens with one attached hydrogen (secondary N) is 2. The van der Waals surface area contributed by atoms with Crippen LogP contribution < -0.4 is 10.6 Å². The van der Waals surface area contributed by atoms with Crippen molar-refractivity contribution in [2.75, 3.05) is 5.32 Å². The average molecular weight is 422 g/mol. The van der Waals surface area contributed by atoms with Gasteiger partial charge in [0.1, 0.15) is 6.04 Å². The second-order valence-electron chi connectivity index (χ2n) is 7.09. The van der Waals surface area contributed by atoms with Crippen LogP contribution in [-0.2, 0) is 9.59 Å². The van der Waals surface area contributed by atoms with Crippen LogP contribution >= 0.6 is 0 Å². The van der Waals surface area contributed by atoms with E-state index in [0.717, 1.165) is 11.3 Å². The number of rotatable bonds is 7. The Kier molecular flexibility index (Phi) is 6.53. The third-order valence-corrected chi connectivity index (χ3v) is 4.77. The zero-order valence-electron chi connectivity index (χ0n) is 17.3. The minimum absolute atomic E-state index is 0.318. The maximum Gasteiger partial charge on any atom is 0.251 e. The molecule has 0 radical (unpaired) electrons. The number of para-hydroxylation sites is 2.